The van der Waals surface area contributed by atoms with Gasteiger partial charge in [0.25, 0.3) is 11.8 Å². The maximum atomic E-state index is 13.9. The highest BCUT2D eigenvalue weighted by molar-refractivity contribution is 5.91. The molecule has 0 aliphatic carbocycles. The van der Waals surface area contributed by atoms with Crippen molar-refractivity contribution in [1.29, 1.82) is 0 Å². The second-order valence-corrected chi connectivity index (χ2v) is 7.95. The van der Waals surface area contributed by atoms with Crippen molar-refractivity contribution in [3.8, 4) is 34.3 Å². The zero-order chi connectivity index (χ0) is 26.8. The van der Waals surface area contributed by atoms with Crippen molar-refractivity contribution in [2.24, 2.45) is 5.73 Å². The fourth-order valence-corrected chi connectivity index (χ4v) is 3.64. The lowest BCUT2D eigenvalue weighted by molar-refractivity contribution is -0.143. The maximum absolute atomic E-state index is 13.9. The molecule has 0 radical (unpaired) electrons. The standard InChI is InChI=1S/C24H20F3N5O5/c1-2-29-16(33)12-23(35,22(28)34)15-10-8-14(9-11-15)20-30-21(37-32-20)18-17(24(25,26)27)19(36-31-18)13-6-4-3-5-7-13/h3-11,35H,2,12H2,1H3,(H2,28,34)(H,29,33). The Labute approximate surface area is 207 Å². The van der Waals surface area contributed by atoms with Crippen LogP contribution in [0.1, 0.15) is 24.5 Å². The fourth-order valence-electron chi connectivity index (χ4n) is 3.64. The van der Waals surface area contributed by atoms with Crippen LogP contribution in [0.2, 0.25) is 0 Å². The molecule has 0 aliphatic rings. The molecule has 192 valence electrons. The van der Waals surface area contributed by atoms with Crippen molar-refractivity contribution in [3.63, 3.8) is 0 Å². The van der Waals surface area contributed by atoms with Gasteiger partial charge in [-0.3, -0.25) is 9.59 Å². The molecule has 13 heteroatoms. The number of benzene rings is 2. The molecule has 37 heavy (non-hydrogen) atoms. The number of primary amides is 1. The summed E-state index contributed by atoms with van der Waals surface area (Å²) in [6, 6.07) is 13.1. The summed E-state index contributed by atoms with van der Waals surface area (Å²) in [5, 5.41) is 20.5. The lowest BCUT2D eigenvalue weighted by atomic mass is 9.88. The van der Waals surface area contributed by atoms with Gasteiger partial charge in [-0.25, -0.2) is 0 Å². The second-order valence-electron chi connectivity index (χ2n) is 7.95. The molecule has 0 saturated carbocycles. The number of hydrogen-bond donors (Lipinski definition) is 3. The Balaban J connectivity index is 1.66. The molecular weight excluding hydrogens is 495 g/mol. The van der Waals surface area contributed by atoms with Crippen LogP contribution in [0.4, 0.5) is 13.2 Å². The topological polar surface area (TPSA) is 157 Å². The number of hydrogen-bond acceptors (Lipinski definition) is 8. The number of nitrogens with one attached hydrogen (secondary N) is 1. The number of carbonyl (C=O) groups excluding carboxylic acids is 2. The van der Waals surface area contributed by atoms with Crippen molar-refractivity contribution < 1.29 is 36.9 Å². The first-order chi connectivity index (χ1) is 17.5. The summed E-state index contributed by atoms with van der Waals surface area (Å²) >= 11 is 0. The number of nitrogens with zero attached hydrogens (tertiary/aromatic N) is 3. The third-order valence-corrected chi connectivity index (χ3v) is 5.46. The van der Waals surface area contributed by atoms with E-state index >= 15 is 0 Å². The summed E-state index contributed by atoms with van der Waals surface area (Å²) in [7, 11) is 0. The molecule has 10 nitrogen and oxygen atoms in total. The van der Waals surface area contributed by atoms with Crippen LogP contribution in [0.15, 0.2) is 63.6 Å². The van der Waals surface area contributed by atoms with Crippen LogP contribution in [-0.2, 0) is 21.4 Å². The fraction of sp³-hybridized carbons (Fsp3) is 0.208. The molecule has 2 amide bonds. The lowest BCUT2D eigenvalue weighted by Crippen LogP contribution is -2.45. The summed E-state index contributed by atoms with van der Waals surface area (Å²) in [5.74, 6) is -2.83. The van der Waals surface area contributed by atoms with Crippen molar-refractivity contribution in [1.82, 2.24) is 20.6 Å². The number of amides is 2. The van der Waals surface area contributed by atoms with Crippen LogP contribution in [0.5, 0.6) is 0 Å². The van der Waals surface area contributed by atoms with Gasteiger partial charge in [-0.2, -0.15) is 18.2 Å². The minimum Gasteiger partial charge on any atom is -0.375 e. The van der Waals surface area contributed by atoms with E-state index in [1.54, 1.807) is 25.1 Å². The molecule has 0 bridgehead atoms. The van der Waals surface area contributed by atoms with Crippen molar-refractivity contribution in [2.45, 2.75) is 25.1 Å². The van der Waals surface area contributed by atoms with Gasteiger partial charge >= 0.3 is 6.18 Å². The van der Waals surface area contributed by atoms with E-state index in [2.05, 4.69) is 20.6 Å². The molecule has 4 rings (SSSR count). The van der Waals surface area contributed by atoms with E-state index in [4.69, 9.17) is 14.8 Å². The molecule has 2 aromatic carbocycles. The Morgan fingerprint density at radius 2 is 1.68 bits per heavy atom. The quantitative estimate of drug-likeness (QED) is 0.323. The number of nitrogens with two attached hydrogens (primary N) is 1. The average Bonchev–Trinajstić information content (AvgIpc) is 3.52. The highest BCUT2D eigenvalue weighted by Gasteiger charge is 2.43. The number of aliphatic hydroxyl groups is 1. The highest BCUT2D eigenvalue weighted by atomic mass is 19.4. The smallest absolute Gasteiger partial charge is 0.375 e. The molecule has 1 atom stereocenters. The monoisotopic (exact) mass is 515 g/mol. The molecule has 2 heterocycles. The first-order valence-corrected chi connectivity index (χ1v) is 10.9. The number of aromatic nitrogens is 3. The molecule has 1 unspecified atom stereocenters. The van der Waals surface area contributed by atoms with Crippen LogP contribution in [0.25, 0.3) is 34.3 Å². The Bertz CT molecular complexity index is 1420. The normalized spacial score (nSPS) is 13.2. The van der Waals surface area contributed by atoms with Gasteiger partial charge in [0.05, 0.1) is 6.42 Å². The highest BCUT2D eigenvalue weighted by Crippen LogP contribution is 2.43. The first-order valence-electron chi connectivity index (χ1n) is 10.9. The van der Waals surface area contributed by atoms with Crippen molar-refractivity contribution in [2.75, 3.05) is 6.54 Å². The predicted octanol–water partition coefficient (Wildman–Crippen LogP) is 3.28. The number of carbonyl (C=O) groups is 2. The number of alkyl halides is 3. The van der Waals surface area contributed by atoms with E-state index in [1.165, 1.54) is 36.4 Å². The zero-order valence-corrected chi connectivity index (χ0v) is 19.2. The zero-order valence-electron chi connectivity index (χ0n) is 19.2. The van der Waals surface area contributed by atoms with E-state index in [-0.39, 0.29) is 22.5 Å². The molecule has 0 spiro atoms. The van der Waals surface area contributed by atoms with Gasteiger partial charge in [0, 0.05) is 17.7 Å². The summed E-state index contributed by atoms with van der Waals surface area (Å²) in [6.45, 7) is 1.97. The Hall–Kier alpha value is -4.52. The lowest BCUT2D eigenvalue weighted by Gasteiger charge is -2.24. The minimum atomic E-state index is -4.83. The maximum Gasteiger partial charge on any atom is 0.422 e. The van der Waals surface area contributed by atoms with Crippen molar-refractivity contribution in [3.05, 3.63) is 65.7 Å². The van der Waals surface area contributed by atoms with Gasteiger partial charge in [-0.15, -0.1) is 0 Å². The molecule has 0 fully saturated rings. The van der Waals surface area contributed by atoms with E-state index in [9.17, 15) is 27.9 Å². The Morgan fingerprint density at radius 3 is 2.27 bits per heavy atom. The van der Waals surface area contributed by atoms with Crippen LogP contribution < -0.4 is 11.1 Å². The summed E-state index contributed by atoms with van der Waals surface area (Å²) in [6.07, 6.45) is -5.43. The van der Waals surface area contributed by atoms with Crippen molar-refractivity contribution >= 4 is 11.8 Å². The van der Waals surface area contributed by atoms with Crippen LogP contribution in [0, 0.1) is 0 Å². The number of halogens is 3. The molecule has 4 N–H and O–H groups in total. The predicted molar refractivity (Wildman–Crippen MR) is 122 cm³/mol. The second kappa shape index (κ2) is 9.85. The molecule has 0 aliphatic heterocycles. The van der Waals surface area contributed by atoms with Gasteiger partial charge in [-0.1, -0.05) is 64.9 Å². The van der Waals surface area contributed by atoms with Crippen LogP contribution in [-0.4, -0.2) is 38.8 Å². The molecule has 4 aromatic rings. The van der Waals surface area contributed by atoms with Gasteiger partial charge in [-0.05, 0) is 12.5 Å². The van der Waals surface area contributed by atoms with Crippen LogP contribution >= 0.6 is 0 Å². The van der Waals surface area contributed by atoms with Gasteiger partial charge in [0.1, 0.15) is 5.56 Å². The van der Waals surface area contributed by atoms with Crippen LogP contribution in [0.3, 0.4) is 0 Å². The van der Waals surface area contributed by atoms with E-state index in [0.717, 1.165) is 0 Å². The number of rotatable bonds is 8. The molecule has 2 aromatic heterocycles. The third-order valence-electron chi connectivity index (χ3n) is 5.46. The summed E-state index contributed by atoms with van der Waals surface area (Å²) < 4.78 is 51.8. The summed E-state index contributed by atoms with van der Waals surface area (Å²) in [5.41, 5.74) is 1.70. The van der Waals surface area contributed by atoms with Gasteiger partial charge in [0.2, 0.25) is 11.7 Å². The van der Waals surface area contributed by atoms with E-state index in [0.29, 0.717) is 6.54 Å². The SMILES string of the molecule is CCNC(=O)CC(O)(C(N)=O)c1ccc(-c2noc(-c3noc(-c4ccccc4)c3C(F)(F)F)n2)cc1. The van der Waals surface area contributed by atoms with E-state index in [1.807, 2.05) is 0 Å². The minimum absolute atomic E-state index is 0.0297. The Kier molecular flexibility index (Phi) is 6.81. The Morgan fingerprint density at radius 1 is 1.00 bits per heavy atom. The van der Waals surface area contributed by atoms with Gasteiger partial charge < -0.3 is 25.2 Å². The summed E-state index contributed by atoms with van der Waals surface area (Å²) in [4.78, 5) is 27.9. The largest absolute Gasteiger partial charge is 0.422 e. The first kappa shape index (κ1) is 25.6. The third kappa shape index (κ3) is 5.07. The average molecular weight is 515 g/mol. The molecular formula is C24H20F3N5O5. The molecule has 0 saturated heterocycles. The van der Waals surface area contributed by atoms with E-state index < -0.39 is 52.9 Å². The van der Waals surface area contributed by atoms with Gasteiger partial charge in [0.15, 0.2) is 17.1 Å².